The number of ether oxygens (including phenoxy) is 1. The molecule has 0 saturated heterocycles. The molecule has 0 bridgehead atoms. The van der Waals surface area contributed by atoms with Crippen LogP contribution in [0.5, 0.6) is 5.75 Å². The van der Waals surface area contributed by atoms with Crippen molar-refractivity contribution in [3.05, 3.63) is 40.0 Å². The smallest absolute Gasteiger partial charge is 0.264 e. The van der Waals surface area contributed by atoms with Gasteiger partial charge in [0.2, 0.25) is 0 Å². The fraction of sp³-hybridized carbons (Fsp3) is 0.273. The van der Waals surface area contributed by atoms with Gasteiger partial charge in [-0.05, 0) is 12.1 Å². The highest BCUT2D eigenvalue weighted by atomic mass is 35.5. The van der Waals surface area contributed by atoms with Crippen molar-refractivity contribution in [2.24, 2.45) is 0 Å². The number of para-hydroxylation sites is 1. The molecule has 0 aliphatic rings. The zero-order chi connectivity index (χ0) is 12.3. The first-order valence-electron chi connectivity index (χ1n) is 5.09. The zero-order valence-electron chi connectivity index (χ0n) is 9.11. The Morgan fingerprint density at radius 3 is 2.59 bits per heavy atom. The summed E-state index contributed by atoms with van der Waals surface area (Å²) in [5.41, 5.74) is 0. The van der Waals surface area contributed by atoms with Gasteiger partial charge in [0.25, 0.3) is 5.89 Å². The van der Waals surface area contributed by atoms with Crippen LogP contribution in [-0.4, -0.2) is 10.1 Å². The molecule has 1 aromatic carbocycles. The number of benzene rings is 1. The second-order valence-corrected chi connectivity index (χ2v) is 4.11. The van der Waals surface area contributed by atoms with Crippen molar-refractivity contribution in [2.75, 3.05) is 0 Å². The van der Waals surface area contributed by atoms with E-state index in [1.54, 1.807) is 18.2 Å². The lowest BCUT2D eigenvalue weighted by Gasteiger charge is -2.06. The summed E-state index contributed by atoms with van der Waals surface area (Å²) < 4.78 is 10.4. The molecule has 1 heterocycles. The minimum Gasteiger partial charge on any atom is -0.481 e. The summed E-state index contributed by atoms with van der Waals surface area (Å²) in [6.45, 7) is 2.09. The van der Waals surface area contributed by atoms with E-state index < -0.39 is 0 Å². The van der Waals surface area contributed by atoms with E-state index in [2.05, 4.69) is 10.1 Å². The fourth-order valence-electron chi connectivity index (χ4n) is 1.25. The van der Waals surface area contributed by atoms with Crippen molar-refractivity contribution in [3.8, 4) is 5.75 Å². The summed E-state index contributed by atoms with van der Waals surface area (Å²) in [7, 11) is 0. The van der Waals surface area contributed by atoms with Gasteiger partial charge in [0.15, 0.2) is 18.2 Å². The van der Waals surface area contributed by atoms with Crippen LogP contribution in [0.3, 0.4) is 0 Å². The first kappa shape index (κ1) is 12.2. The Morgan fingerprint density at radius 1 is 1.29 bits per heavy atom. The molecule has 0 fully saturated rings. The monoisotopic (exact) mass is 272 g/mol. The SMILES string of the molecule is CCc1noc(COc2c(Cl)cccc2Cl)n1. The van der Waals surface area contributed by atoms with Crippen molar-refractivity contribution in [3.63, 3.8) is 0 Å². The van der Waals surface area contributed by atoms with Crippen LogP contribution in [0.2, 0.25) is 10.0 Å². The van der Waals surface area contributed by atoms with E-state index in [1.807, 2.05) is 6.92 Å². The molecular formula is C11H10Cl2N2O2. The first-order chi connectivity index (χ1) is 8.20. The second-order valence-electron chi connectivity index (χ2n) is 3.30. The molecule has 1 aromatic heterocycles. The molecule has 0 aliphatic carbocycles. The van der Waals surface area contributed by atoms with Crippen LogP contribution in [0.4, 0.5) is 0 Å². The largest absolute Gasteiger partial charge is 0.481 e. The third kappa shape index (κ3) is 2.90. The van der Waals surface area contributed by atoms with Crippen molar-refractivity contribution in [1.82, 2.24) is 10.1 Å². The third-order valence-corrected chi connectivity index (χ3v) is 2.68. The van der Waals surface area contributed by atoms with Gasteiger partial charge in [0.05, 0.1) is 10.0 Å². The lowest BCUT2D eigenvalue weighted by atomic mass is 10.3. The lowest BCUT2D eigenvalue weighted by Crippen LogP contribution is -1.97. The van der Waals surface area contributed by atoms with E-state index in [0.29, 0.717) is 27.5 Å². The highest BCUT2D eigenvalue weighted by Crippen LogP contribution is 2.32. The van der Waals surface area contributed by atoms with Crippen molar-refractivity contribution < 1.29 is 9.26 Å². The predicted molar refractivity (Wildman–Crippen MR) is 64.5 cm³/mol. The molecule has 0 atom stereocenters. The lowest BCUT2D eigenvalue weighted by molar-refractivity contribution is 0.242. The van der Waals surface area contributed by atoms with Gasteiger partial charge in [-0.3, -0.25) is 0 Å². The molecule has 6 heteroatoms. The van der Waals surface area contributed by atoms with E-state index in [9.17, 15) is 0 Å². The minimum absolute atomic E-state index is 0.149. The van der Waals surface area contributed by atoms with Gasteiger partial charge in [-0.1, -0.05) is 41.3 Å². The summed E-state index contributed by atoms with van der Waals surface area (Å²) in [6.07, 6.45) is 0.719. The van der Waals surface area contributed by atoms with Crippen LogP contribution >= 0.6 is 23.2 Å². The summed E-state index contributed by atoms with van der Waals surface area (Å²) >= 11 is 11.9. The normalized spacial score (nSPS) is 10.5. The second kappa shape index (κ2) is 5.38. The van der Waals surface area contributed by atoms with E-state index in [4.69, 9.17) is 32.5 Å². The molecule has 0 N–H and O–H groups in total. The van der Waals surface area contributed by atoms with Crippen LogP contribution < -0.4 is 4.74 Å². The van der Waals surface area contributed by atoms with E-state index >= 15 is 0 Å². The van der Waals surface area contributed by atoms with Gasteiger partial charge in [0.1, 0.15) is 0 Å². The fourth-order valence-corrected chi connectivity index (χ4v) is 1.75. The van der Waals surface area contributed by atoms with Crippen LogP contribution in [0, 0.1) is 0 Å². The van der Waals surface area contributed by atoms with Gasteiger partial charge < -0.3 is 9.26 Å². The van der Waals surface area contributed by atoms with Crippen molar-refractivity contribution in [1.29, 1.82) is 0 Å². The molecule has 0 aliphatic heterocycles. The number of rotatable bonds is 4. The van der Waals surface area contributed by atoms with Crippen LogP contribution in [0.15, 0.2) is 22.7 Å². The Bertz CT molecular complexity index is 494. The maximum Gasteiger partial charge on any atom is 0.264 e. The average Bonchev–Trinajstić information content (AvgIpc) is 2.76. The summed E-state index contributed by atoms with van der Waals surface area (Å²) in [5, 5.41) is 4.66. The van der Waals surface area contributed by atoms with Crippen LogP contribution in [-0.2, 0) is 13.0 Å². The summed E-state index contributed by atoms with van der Waals surface area (Å²) in [6, 6.07) is 5.15. The first-order valence-corrected chi connectivity index (χ1v) is 5.84. The maximum atomic E-state index is 5.95. The molecule has 90 valence electrons. The van der Waals surface area contributed by atoms with E-state index in [1.165, 1.54) is 0 Å². The number of aryl methyl sites for hydroxylation is 1. The molecule has 0 spiro atoms. The highest BCUT2D eigenvalue weighted by Gasteiger charge is 2.10. The van der Waals surface area contributed by atoms with Gasteiger partial charge in [0, 0.05) is 6.42 Å². The number of aromatic nitrogens is 2. The van der Waals surface area contributed by atoms with Crippen LogP contribution in [0.1, 0.15) is 18.6 Å². The van der Waals surface area contributed by atoms with Gasteiger partial charge in [-0.15, -0.1) is 0 Å². The molecule has 2 aromatic rings. The quantitative estimate of drug-likeness (QED) is 0.855. The Morgan fingerprint density at radius 2 is 2.00 bits per heavy atom. The Kier molecular flexibility index (Phi) is 3.86. The van der Waals surface area contributed by atoms with Gasteiger partial charge in [-0.2, -0.15) is 4.98 Å². The zero-order valence-corrected chi connectivity index (χ0v) is 10.6. The minimum atomic E-state index is 0.149. The molecule has 0 radical (unpaired) electrons. The third-order valence-electron chi connectivity index (χ3n) is 2.09. The Labute approximate surface area is 108 Å². The molecule has 2 rings (SSSR count). The predicted octanol–water partition coefficient (Wildman–Crippen LogP) is 3.52. The average molecular weight is 273 g/mol. The molecule has 4 nitrogen and oxygen atoms in total. The topological polar surface area (TPSA) is 48.2 Å². The molecule has 17 heavy (non-hydrogen) atoms. The van der Waals surface area contributed by atoms with Gasteiger partial charge in [-0.25, -0.2) is 0 Å². The van der Waals surface area contributed by atoms with Gasteiger partial charge >= 0.3 is 0 Å². The van der Waals surface area contributed by atoms with E-state index in [0.717, 1.165) is 6.42 Å². The summed E-state index contributed by atoms with van der Waals surface area (Å²) in [4.78, 5) is 4.11. The molecule has 0 unspecified atom stereocenters. The molecule has 0 amide bonds. The molecule has 0 saturated carbocycles. The summed E-state index contributed by atoms with van der Waals surface area (Å²) in [5.74, 6) is 1.47. The van der Waals surface area contributed by atoms with Crippen molar-refractivity contribution in [2.45, 2.75) is 20.0 Å². The Balaban J connectivity index is 2.07. The highest BCUT2D eigenvalue weighted by molar-refractivity contribution is 6.37. The van der Waals surface area contributed by atoms with Crippen molar-refractivity contribution >= 4 is 23.2 Å². The Hall–Kier alpha value is -1.26. The standard InChI is InChI=1S/C11H10Cl2N2O2/c1-2-9-14-10(17-15-9)6-16-11-7(12)4-3-5-8(11)13/h3-5H,2,6H2,1H3. The number of halogens is 2. The maximum absolute atomic E-state index is 5.95. The molecular weight excluding hydrogens is 263 g/mol. The number of nitrogens with zero attached hydrogens (tertiary/aromatic N) is 2. The van der Waals surface area contributed by atoms with Crippen LogP contribution in [0.25, 0.3) is 0 Å². The van der Waals surface area contributed by atoms with E-state index in [-0.39, 0.29) is 6.61 Å². The number of hydrogen-bond donors (Lipinski definition) is 0. The number of hydrogen-bond acceptors (Lipinski definition) is 4.